The summed E-state index contributed by atoms with van der Waals surface area (Å²) in [6.07, 6.45) is 1.66. The first-order valence-electron chi connectivity index (χ1n) is 6.40. The minimum atomic E-state index is -3.44. The molecule has 2 unspecified atom stereocenters. The van der Waals surface area contributed by atoms with E-state index in [0.29, 0.717) is 10.9 Å². The van der Waals surface area contributed by atoms with E-state index in [1.165, 1.54) is 0 Å². The normalized spacial score (nSPS) is 23.1. The van der Waals surface area contributed by atoms with E-state index in [-0.39, 0.29) is 18.4 Å². The van der Waals surface area contributed by atoms with Crippen molar-refractivity contribution in [3.8, 4) is 0 Å². The van der Waals surface area contributed by atoms with Gasteiger partial charge in [-0.25, -0.2) is 13.1 Å². The van der Waals surface area contributed by atoms with Gasteiger partial charge in [0, 0.05) is 16.6 Å². The van der Waals surface area contributed by atoms with Gasteiger partial charge in [0.2, 0.25) is 10.0 Å². The monoisotopic (exact) mass is 382 g/mol. The predicted molar refractivity (Wildman–Crippen MR) is 86.9 cm³/mol. The smallest absolute Gasteiger partial charge is 0.240 e. The van der Waals surface area contributed by atoms with E-state index in [1.807, 2.05) is 13.0 Å². The highest BCUT2D eigenvalue weighted by atomic mass is 79.9. The lowest BCUT2D eigenvalue weighted by Crippen LogP contribution is -2.46. The summed E-state index contributed by atoms with van der Waals surface area (Å²) in [6.45, 7) is 4.81. The van der Waals surface area contributed by atoms with Crippen molar-refractivity contribution in [2.45, 2.75) is 43.7 Å². The van der Waals surface area contributed by atoms with E-state index in [9.17, 15) is 8.42 Å². The summed E-state index contributed by atoms with van der Waals surface area (Å²) in [5.74, 6) is 0. The number of sulfonamides is 1. The Morgan fingerprint density at radius 1 is 1.35 bits per heavy atom. The van der Waals surface area contributed by atoms with Crippen LogP contribution in [0, 0.1) is 6.92 Å². The summed E-state index contributed by atoms with van der Waals surface area (Å²) in [7, 11) is -3.44. The van der Waals surface area contributed by atoms with E-state index in [4.69, 9.17) is 0 Å². The molecule has 114 valence electrons. The molecule has 0 spiro atoms. The molecule has 0 aromatic heterocycles. The zero-order chi connectivity index (χ0) is 14.0. The molecule has 1 aliphatic rings. The van der Waals surface area contributed by atoms with Crippen LogP contribution in [0.2, 0.25) is 0 Å². The van der Waals surface area contributed by atoms with Gasteiger partial charge in [-0.05, 0) is 57.0 Å². The second-order valence-electron chi connectivity index (χ2n) is 5.16. The lowest BCUT2D eigenvalue weighted by atomic mass is 10.0. The van der Waals surface area contributed by atoms with Crippen LogP contribution >= 0.6 is 28.3 Å². The standard InChI is InChI=1S/C13H19BrN2O2S.ClH/c1-9-5-11(14)8-13(6-9)19(17,18)16-12-3-4-15-10(2)7-12;/h5-6,8,10,12,15-16H,3-4,7H2,1-2H3;1H. The van der Waals surface area contributed by atoms with Gasteiger partial charge in [-0.3, -0.25) is 0 Å². The molecule has 20 heavy (non-hydrogen) atoms. The molecule has 1 heterocycles. The molecular formula is C13H20BrClN2O2S. The van der Waals surface area contributed by atoms with Gasteiger partial charge in [0.1, 0.15) is 0 Å². The molecule has 1 aromatic rings. The second kappa shape index (κ2) is 7.22. The Kier molecular flexibility index (Phi) is 6.47. The first kappa shape index (κ1) is 17.9. The van der Waals surface area contributed by atoms with Crippen molar-refractivity contribution in [1.82, 2.24) is 10.0 Å². The lowest BCUT2D eigenvalue weighted by molar-refractivity contribution is 0.361. The summed E-state index contributed by atoms with van der Waals surface area (Å²) in [4.78, 5) is 0.325. The van der Waals surface area contributed by atoms with Crippen molar-refractivity contribution >= 4 is 38.4 Å². The van der Waals surface area contributed by atoms with Gasteiger partial charge in [-0.15, -0.1) is 12.4 Å². The molecular weight excluding hydrogens is 364 g/mol. The molecule has 0 radical (unpaired) electrons. The molecule has 1 fully saturated rings. The summed E-state index contributed by atoms with van der Waals surface area (Å²) >= 11 is 3.34. The van der Waals surface area contributed by atoms with Gasteiger partial charge in [0.25, 0.3) is 0 Å². The minimum Gasteiger partial charge on any atom is -0.314 e. The van der Waals surface area contributed by atoms with Crippen molar-refractivity contribution in [2.24, 2.45) is 0 Å². The van der Waals surface area contributed by atoms with Crippen molar-refractivity contribution in [3.63, 3.8) is 0 Å². The molecule has 4 nitrogen and oxygen atoms in total. The Hall–Kier alpha value is -0.140. The molecule has 0 saturated carbocycles. The SMILES string of the molecule is Cc1cc(Br)cc(S(=O)(=O)NC2CCNC(C)C2)c1.Cl. The molecule has 7 heteroatoms. The van der Waals surface area contributed by atoms with Crippen molar-refractivity contribution in [1.29, 1.82) is 0 Å². The molecule has 1 aliphatic heterocycles. The first-order chi connectivity index (χ1) is 8.87. The zero-order valence-electron chi connectivity index (χ0n) is 11.5. The van der Waals surface area contributed by atoms with Crippen LogP contribution in [0.25, 0.3) is 0 Å². The number of piperidine rings is 1. The molecule has 1 aromatic carbocycles. The fourth-order valence-electron chi connectivity index (χ4n) is 2.38. The van der Waals surface area contributed by atoms with Crippen LogP contribution in [0.1, 0.15) is 25.3 Å². The van der Waals surface area contributed by atoms with Crippen molar-refractivity contribution in [3.05, 3.63) is 28.2 Å². The summed E-state index contributed by atoms with van der Waals surface area (Å²) < 4.78 is 28.3. The molecule has 1 saturated heterocycles. The maximum Gasteiger partial charge on any atom is 0.240 e. The van der Waals surface area contributed by atoms with E-state index in [1.54, 1.807) is 12.1 Å². The average molecular weight is 384 g/mol. The van der Waals surface area contributed by atoms with Crippen molar-refractivity contribution < 1.29 is 8.42 Å². The van der Waals surface area contributed by atoms with Crippen LogP contribution in [-0.4, -0.2) is 27.0 Å². The van der Waals surface area contributed by atoms with E-state index >= 15 is 0 Å². The second-order valence-corrected chi connectivity index (χ2v) is 7.79. The number of rotatable bonds is 3. The molecule has 0 amide bonds. The minimum absolute atomic E-state index is 0. The quantitative estimate of drug-likeness (QED) is 0.843. The Balaban J connectivity index is 0.00000200. The lowest BCUT2D eigenvalue weighted by Gasteiger charge is -2.28. The van der Waals surface area contributed by atoms with Gasteiger partial charge in [-0.2, -0.15) is 0 Å². The van der Waals surface area contributed by atoms with Crippen LogP contribution < -0.4 is 10.0 Å². The number of benzene rings is 1. The predicted octanol–water partition coefficient (Wildman–Crippen LogP) is 2.60. The van der Waals surface area contributed by atoms with Gasteiger partial charge in [0.05, 0.1) is 4.90 Å². The topological polar surface area (TPSA) is 58.2 Å². The highest BCUT2D eigenvalue weighted by Crippen LogP contribution is 2.20. The zero-order valence-corrected chi connectivity index (χ0v) is 14.7. The number of halogens is 2. The highest BCUT2D eigenvalue weighted by Gasteiger charge is 2.24. The van der Waals surface area contributed by atoms with Crippen LogP contribution in [0.15, 0.2) is 27.6 Å². The molecule has 2 rings (SSSR count). The molecule has 0 bridgehead atoms. The molecule has 2 N–H and O–H groups in total. The van der Waals surface area contributed by atoms with E-state index in [2.05, 4.69) is 32.9 Å². The Labute approximate surface area is 135 Å². The average Bonchev–Trinajstić information content (AvgIpc) is 2.26. The Morgan fingerprint density at radius 2 is 2.05 bits per heavy atom. The van der Waals surface area contributed by atoms with Crippen LogP contribution in [0.3, 0.4) is 0 Å². The maximum atomic E-state index is 12.4. The number of nitrogens with one attached hydrogen (secondary N) is 2. The summed E-state index contributed by atoms with van der Waals surface area (Å²) in [5, 5.41) is 3.31. The van der Waals surface area contributed by atoms with Gasteiger partial charge < -0.3 is 5.32 Å². The molecule has 2 atom stereocenters. The third-order valence-corrected chi connectivity index (χ3v) is 5.23. The fourth-order valence-corrected chi connectivity index (χ4v) is 4.56. The van der Waals surface area contributed by atoms with Gasteiger partial charge in [-0.1, -0.05) is 15.9 Å². The third kappa shape index (κ3) is 4.70. The first-order valence-corrected chi connectivity index (χ1v) is 8.67. The van der Waals surface area contributed by atoms with Crippen LogP contribution in [-0.2, 0) is 10.0 Å². The summed E-state index contributed by atoms with van der Waals surface area (Å²) in [6, 6.07) is 5.59. The maximum absolute atomic E-state index is 12.4. The highest BCUT2D eigenvalue weighted by molar-refractivity contribution is 9.10. The Bertz CT molecular complexity index is 545. The number of hydrogen-bond acceptors (Lipinski definition) is 3. The third-order valence-electron chi connectivity index (χ3n) is 3.27. The van der Waals surface area contributed by atoms with Gasteiger partial charge in [0.15, 0.2) is 0 Å². The Morgan fingerprint density at radius 3 is 2.65 bits per heavy atom. The number of hydrogen-bond donors (Lipinski definition) is 2. The number of aryl methyl sites for hydroxylation is 1. The molecule has 0 aliphatic carbocycles. The van der Waals surface area contributed by atoms with E-state index in [0.717, 1.165) is 29.4 Å². The van der Waals surface area contributed by atoms with Crippen LogP contribution in [0.5, 0.6) is 0 Å². The van der Waals surface area contributed by atoms with E-state index < -0.39 is 10.0 Å². The van der Waals surface area contributed by atoms with Crippen molar-refractivity contribution in [2.75, 3.05) is 6.54 Å². The summed E-state index contributed by atoms with van der Waals surface area (Å²) in [5.41, 5.74) is 0.924. The largest absolute Gasteiger partial charge is 0.314 e. The van der Waals surface area contributed by atoms with Gasteiger partial charge >= 0.3 is 0 Å². The van der Waals surface area contributed by atoms with Crippen LogP contribution in [0.4, 0.5) is 0 Å². The fraction of sp³-hybridized carbons (Fsp3) is 0.538.